The van der Waals surface area contributed by atoms with E-state index in [2.05, 4.69) is 4.98 Å². The molecular weight excluding hydrogens is 428 g/mol. The van der Waals surface area contributed by atoms with Crippen LogP contribution in [-0.2, 0) is 0 Å². The maximum absolute atomic E-state index is 12.7. The first kappa shape index (κ1) is 21.2. The van der Waals surface area contributed by atoms with Gasteiger partial charge in [-0.1, -0.05) is 48.0 Å². The van der Waals surface area contributed by atoms with E-state index in [9.17, 15) is 14.7 Å². The number of benzene rings is 3. The summed E-state index contributed by atoms with van der Waals surface area (Å²) in [6.45, 7) is 0. The Morgan fingerprint density at radius 2 is 1.88 bits per heavy atom. The minimum absolute atomic E-state index is 0.0265. The molecule has 6 nitrogen and oxygen atoms in total. The molecule has 1 heterocycles. The number of aromatic hydroxyl groups is 1. The van der Waals surface area contributed by atoms with E-state index >= 15 is 0 Å². The molecule has 32 heavy (non-hydrogen) atoms. The second-order valence-corrected chi connectivity index (χ2v) is 7.47. The van der Waals surface area contributed by atoms with Crippen LogP contribution in [0.25, 0.3) is 23.0 Å². The number of ether oxygens (including phenoxy) is 1. The van der Waals surface area contributed by atoms with Crippen molar-refractivity contribution in [1.29, 1.82) is 0 Å². The molecule has 0 saturated carbocycles. The lowest BCUT2D eigenvalue weighted by Gasteiger charge is -2.04. The van der Waals surface area contributed by atoms with Crippen LogP contribution in [0.5, 0.6) is 11.5 Å². The number of methoxy groups -OCH3 is 1. The highest BCUT2D eigenvalue weighted by molar-refractivity contribution is 6.30. The number of hydrogen-bond acceptors (Lipinski definition) is 4. The molecule has 0 radical (unpaired) electrons. The monoisotopic (exact) mass is 446 g/mol. The number of nitrogens with zero attached hydrogens (tertiary/aromatic N) is 1. The number of carbonyl (C=O) groups is 1. The summed E-state index contributed by atoms with van der Waals surface area (Å²) in [6, 6.07) is 18.8. The molecule has 160 valence electrons. The number of phenolic OH excluding ortho intramolecular Hbond substituents is 1. The van der Waals surface area contributed by atoms with Crippen molar-refractivity contribution in [3.8, 4) is 28.4 Å². The molecule has 0 aliphatic heterocycles. The summed E-state index contributed by atoms with van der Waals surface area (Å²) < 4.78 is 6.54. The average Bonchev–Trinajstić information content (AvgIpc) is 3.20. The lowest BCUT2D eigenvalue weighted by molar-refractivity contribution is 0.104. The smallest absolute Gasteiger partial charge is 0.330 e. The Kier molecular flexibility index (Phi) is 5.96. The molecule has 0 unspecified atom stereocenters. The van der Waals surface area contributed by atoms with E-state index in [0.29, 0.717) is 33.3 Å². The summed E-state index contributed by atoms with van der Waals surface area (Å²) in [6.07, 6.45) is 4.76. The molecule has 0 atom stereocenters. The number of aromatic nitrogens is 2. The zero-order valence-corrected chi connectivity index (χ0v) is 17.8. The van der Waals surface area contributed by atoms with Crippen LogP contribution in [-0.4, -0.2) is 27.6 Å². The van der Waals surface area contributed by atoms with Gasteiger partial charge in [-0.05, 0) is 53.6 Å². The number of allylic oxidation sites excluding steroid dienone is 1. The van der Waals surface area contributed by atoms with Gasteiger partial charge in [0, 0.05) is 16.8 Å². The molecule has 0 bridgehead atoms. The third-order valence-corrected chi connectivity index (χ3v) is 5.17. The van der Waals surface area contributed by atoms with Crippen molar-refractivity contribution < 1.29 is 14.6 Å². The Balaban J connectivity index is 1.59. The van der Waals surface area contributed by atoms with Crippen molar-refractivity contribution in [2.24, 2.45) is 0 Å². The number of rotatable bonds is 6. The standard InChI is InChI=1S/C25H19ClN2O4/c1-32-24-13-16(6-12-23(24)30)5-11-22(29)18-3-2-4-20(14-18)28-15-21(27-25(28)31)17-7-9-19(26)10-8-17/h2-15,30H,1H3,(H,27,31)/b11-5+. The number of H-pyrrole nitrogens is 1. The summed E-state index contributed by atoms with van der Waals surface area (Å²) in [5.74, 6) is 0.129. The van der Waals surface area contributed by atoms with Crippen LogP contribution in [0, 0.1) is 0 Å². The van der Waals surface area contributed by atoms with Gasteiger partial charge < -0.3 is 14.8 Å². The fourth-order valence-corrected chi connectivity index (χ4v) is 3.36. The van der Waals surface area contributed by atoms with Crippen LogP contribution in [0.2, 0.25) is 5.02 Å². The van der Waals surface area contributed by atoms with E-state index in [1.807, 2.05) is 12.1 Å². The molecule has 0 aliphatic carbocycles. The molecule has 7 heteroatoms. The molecule has 4 rings (SSSR count). The number of carbonyl (C=O) groups excluding carboxylic acids is 1. The van der Waals surface area contributed by atoms with E-state index in [4.69, 9.17) is 16.3 Å². The average molecular weight is 447 g/mol. The molecule has 0 amide bonds. The molecule has 0 spiro atoms. The molecule has 0 fully saturated rings. The van der Waals surface area contributed by atoms with Crippen molar-refractivity contribution in [2.45, 2.75) is 0 Å². The zero-order valence-electron chi connectivity index (χ0n) is 17.1. The first-order chi connectivity index (χ1) is 15.4. The predicted molar refractivity (Wildman–Crippen MR) is 125 cm³/mol. The minimum Gasteiger partial charge on any atom is -0.504 e. The quantitative estimate of drug-likeness (QED) is 0.319. The summed E-state index contributed by atoms with van der Waals surface area (Å²) in [4.78, 5) is 28.0. The molecule has 1 aromatic heterocycles. The van der Waals surface area contributed by atoms with Crippen molar-refractivity contribution in [3.63, 3.8) is 0 Å². The van der Waals surface area contributed by atoms with E-state index in [1.54, 1.807) is 60.8 Å². The van der Waals surface area contributed by atoms with Gasteiger partial charge in [-0.15, -0.1) is 0 Å². The first-order valence-electron chi connectivity index (χ1n) is 9.72. The highest BCUT2D eigenvalue weighted by Gasteiger charge is 2.10. The van der Waals surface area contributed by atoms with Crippen LogP contribution < -0.4 is 10.4 Å². The number of aromatic amines is 1. The molecule has 3 aromatic carbocycles. The highest BCUT2D eigenvalue weighted by Crippen LogP contribution is 2.27. The highest BCUT2D eigenvalue weighted by atomic mass is 35.5. The van der Waals surface area contributed by atoms with Crippen molar-refractivity contribution in [3.05, 3.63) is 106 Å². The zero-order chi connectivity index (χ0) is 22.7. The first-order valence-corrected chi connectivity index (χ1v) is 10.1. The van der Waals surface area contributed by atoms with Gasteiger partial charge in [0.1, 0.15) is 0 Å². The fraction of sp³-hybridized carbons (Fsp3) is 0.0400. The number of hydrogen-bond donors (Lipinski definition) is 2. The topological polar surface area (TPSA) is 84.3 Å². The summed E-state index contributed by atoms with van der Waals surface area (Å²) >= 11 is 5.93. The van der Waals surface area contributed by atoms with Gasteiger partial charge in [0.25, 0.3) is 0 Å². The molecule has 2 N–H and O–H groups in total. The number of imidazole rings is 1. The van der Waals surface area contributed by atoms with Gasteiger partial charge in [0.05, 0.1) is 18.5 Å². The van der Waals surface area contributed by atoms with Gasteiger partial charge in [-0.3, -0.25) is 9.36 Å². The van der Waals surface area contributed by atoms with Crippen molar-refractivity contribution in [1.82, 2.24) is 9.55 Å². The Morgan fingerprint density at radius 1 is 1.09 bits per heavy atom. The van der Waals surface area contributed by atoms with E-state index < -0.39 is 0 Å². The largest absolute Gasteiger partial charge is 0.504 e. The lowest BCUT2D eigenvalue weighted by atomic mass is 10.1. The van der Waals surface area contributed by atoms with E-state index in [-0.39, 0.29) is 17.2 Å². The van der Waals surface area contributed by atoms with Crippen LogP contribution in [0.15, 0.2) is 83.8 Å². The molecule has 0 saturated heterocycles. The van der Waals surface area contributed by atoms with Crippen molar-refractivity contribution >= 4 is 23.5 Å². The third-order valence-electron chi connectivity index (χ3n) is 4.91. The number of phenols is 1. The van der Waals surface area contributed by atoms with Gasteiger partial charge in [0.2, 0.25) is 0 Å². The van der Waals surface area contributed by atoms with Gasteiger partial charge in [-0.2, -0.15) is 0 Å². The Hall–Kier alpha value is -4.03. The van der Waals surface area contributed by atoms with E-state index in [1.165, 1.54) is 23.8 Å². The van der Waals surface area contributed by atoms with Crippen LogP contribution in [0.1, 0.15) is 15.9 Å². The minimum atomic E-state index is -0.314. The van der Waals surface area contributed by atoms with Crippen LogP contribution in [0.3, 0.4) is 0 Å². The Morgan fingerprint density at radius 3 is 2.62 bits per heavy atom. The lowest BCUT2D eigenvalue weighted by Crippen LogP contribution is -2.14. The summed E-state index contributed by atoms with van der Waals surface area (Å²) in [5, 5.41) is 10.3. The summed E-state index contributed by atoms with van der Waals surface area (Å²) in [7, 11) is 1.46. The third kappa shape index (κ3) is 4.50. The Labute approximate surface area is 189 Å². The summed E-state index contributed by atoms with van der Waals surface area (Å²) in [5.41, 5.74) is 2.86. The van der Waals surface area contributed by atoms with Crippen molar-refractivity contribution in [2.75, 3.05) is 7.11 Å². The normalized spacial score (nSPS) is 11.1. The predicted octanol–water partition coefficient (Wildman–Crippen LogP) is 5.10. The van der Waals surface area contributed by atoms with Gasteiger partial charge >= 0.3 is 5.69 Å². The SMILES string of the molecule is COc1cc(/C=C/C(=O)c2cccc(-n3cc(-c4ccc(Cl)cc4)[nH]c3=O)c2)ccc1O. The van der Waals surface area contributed by atoms with Gasteiger partial charge in [0.15, 0.2) is 17.3 Å². The number of halogens is 1. The fourth-order valence-electron chi connectivity index (χ4n) is 3.24. The van der Waals surface area contributed by atoms with E-state index in [0.717, 1.165) is 5.56 Å². The number of ketones is 1. The Bertz CT molecular complexity index is 1370. The van der Waals surface area contributed by atoms with Crippen LogP contribution in [0.4, 0.5) is 0 Å². The maximum atomic E-state index is 12.7. The van der Waals surface area contributed by atoms with Gasteiger partial charge in [-0.25, -0.2) is 4.79 Å². The molecular formula is C25H19ClN2O4. The van der Waals surface area contributed by atoms with Crippen LogP contribution >= 0.6 is 11.6 Å². The molecule has 0 aliphatic rings. The molecule has 4 aromatic rings. The second kappa shape index (κ2) is 8.99. The maximum Gasteiger partial charge on any atom is 0.330 e. The number of nitrogens with one attached hydrogen (secondary N) is 1. The second-order valence-electron chi connectivity index (χ2n) is 7.03.